The van der Waals surface area contributed by atoms with Gasteiger partial charge in [-0.2, -0.15) is 0 Å². The Kier molecular flexibility index (Phi) is 13.7. The zero-order chi connectivity index (χ0) is 34.9. The summed E-state index contributed by atoms with van der Waals surface area (Å²) in [5, 5.41) is 55.0. The molecule has 3 aliphatic rings. The topological polar surface area (TPSA) is 118 Å². The number of aliphatic hydroxyl groups excluding tert-OH is 3. The maximum Gasteiger partial charge on any atom is 0.163 e. The van der Waals surface area contributed by atoms with E-state index in [0.29, 0.717) is 38.5 Å². The van der Waals surface area contributed by atoms with Crippen LogP contribution in [0.15, 0.2) is 83.0 Å². The van der Waals surface area contributed by atoms with E-state index < -0.39 is 17.1 Å². The number of Topliss-reactive ketones (excluding diaryl/α,β-unsaturated/α-hetero) is 1. The summed E-state index contributed by atoms with van der Waals surface area (Å²) in [6.07, 6.45) is 17.5. The quantitative estimate of drug-likeness (QED) is 0.0788. The van der Waals surface area contributed by atoms with Crippen molar-refractivity contribution in [1.82, 2.24) is 0 Å². The molecule has 6 heteroatoms. The van der Waals surface area contributed by atoms with E-state index in [-0.39, 0.29) is 48.9 Å². The molecule has 4 rings (SSSR count). The minimum Gasteiger partial charge on any atom is -0.508 e. The Morgan fingerprint density at radius 2 is 1.75 bits per heavy atom. The van der Waals surface area contributed by atoms with Gasteiger partial charge in [-0.05, 0) is 126 Å². The molecule has 3 saturated carbocycles. The molecule has 264 valence electrons. The summed E-state index contributed by atoms with van der Waals surface area (Å²) in [5.41, 5.74) is 3.67. The lowest BCUT2D eigenvalue weighted by Crippen LogP contribution is -2.59. The van der Waals surface area contributed by atoms with Gasteiger partial charge in [0.05, 0.1) is 18.3 Å². The molecule has 5 N–H and O–H groups in total. The first-order chi connectivity index (χ1) is 22.9. The number of hydrogen-bond acceptors (Lipinski definition) is 6. The van der Waals surface area contributed by atoms with E-state index in [2.05, 4.69) is 26.5 Å². The number of allylic oxidation sites excluding steroid dienone is 8. The number of rotatable bonds is 14. The van der Waals surface area contributed by atoms with Crippen molar-refractivity contribution in [2.45, 2.75) is 122 Å². The molecule has 0 unspecified atom stereocenters. The molecule has 1 aromatic carbocycles. The number of carbonyl (C=O) groups excluding carboxylic acids is 1. The Hall–Kier alpha value is -2.77. The molecule has 1 spiro atoms. The smallest absolute Gasteiger partial charge is 0.163 e. The molecule has 48 heavy (non-hydrogen) atoms. The van der Waals surface area contributed by atoms with Crippen molar-refractivity contribution in [2.75, 3.05) is 13.2 Å². The fourth-order valence-corrected chi connectivity index (χ4v) is 9.12. The third kappa shape index (κ3) is 8.68. The molecule has 3 fully saturated rings. The lowest BCUT2D eigenvalue weighted by atomic mass is 9.52. The van der Waals surface area contributed by atoms with Crippen LogP contribution >= 0.6 is 0 Å². The Labute approximate surface area is 288 Å². The maximum atomic E-state index is 14.4. The summed E-state index contributed by atoms with van der Waals surface area (Å²) in [4.78, 5) is 14.4. The van der Waals surface area contributed by atoms with Gasteiger partial charge in [0.2, 0.25) is 0 Å². The third-order valence-electron chi connectivity index (χ3n) is 11.6. The van der Waals surface area contributed by atoms with Crippen LogP contribution in [0.3, 0.4) is 0 Å². The van der Waals surface area contributed by atoms with Gasteiger partial charge in [0.1, 0.15) is 5.75 Å². The van der Waals surface area contributed by atoms with Crippen molar-refractivity contribution in [3.63, 3.8) is 0 Å². The largest absolute Gasteiger partial charge is 0.508 e. The molecule has 0 heterocycles. The zero-order valence-corrected chi connectivity index (χ0v) is 29.6. The van der Waals surface area contributed by atoms with E-state index in [1.165, 1.54) is 5.57 Å². The van der Waals surface area contributed by atoms with Crippen molar-refractivity contribution in [3.05, 3.63) is 88.6 Å². The van der Waals surface area contributed by atoms with Gasteiger partial charge in [-0.25, -0.2) is 0 Å². The van der Waals surface area contributed by atoms with Gasteiger partial charge in [0.15, 0.2) is 5.78 Å². The molecule has 1 aromatic rings. The van der Waals surface area contributed by atoms with Crippen molar-refractivity contribution in [3.8, 4) is 5.75 Å². The van der Waals surface area contributed by atoms with Gasteiger partial charge < -0.3 is 25.5 Å². The first kappa shape index (κ1) is 38.0. The number of aliphatic hydroxyl groups is 4. The molecular weight excluding hydrogens is 600 g/mol. The molecular formula is C42H60O6. The van der Waals surface area contributed by atoms with E-state index in [9.17, 15) is 30.3 Å². The zero-order valence-electron chi connectivity index (χ0n) is 29.6. The predicted octanol–water partition coefficient (Wildman–Crippen LogP) is 7.85. The van der Waals surface area contributed by atoms with E-state index in [0.717, 1.165) is 72.8 Å². The summed E-state index contributed by atoms with van der Waals surface area (Å²) in [6, 6.07) is 6.83. The van der Waals surface area contributed by atoms with Crippen LogP contribution in [0.4, 0.5) is 0 Å². The molecule has 0 radical (unpaired) electrons. The Balaban J connectivity index is 1.73. The fourth-order valence-electron chi connectivity index (χ4n) is 9.12. The van der Waals surface area contributed by atoms with Crippen LogP contribution in [-0.2, 0) is 11.2 Å². The highest BCUT2D eigenvalue weighted by Gasteiger charge is 2.64. The van der Waals surface area contributed by atoms with Crippen LogP contribution in [0.25, 0.3) is 0 Å². The first-order valence-electron chi connectivity index (χ1n) is 18.3. The van der Waals surface area contributed by atoms with Crippen LogP contribution in [0.2, 0.25) is 0 Å². The number of phenolic OH excluding ortho intramolecular Hbond substituents is 1. The normalized spacial score (nSPS) is 29.4. The summed E-state index contributed by atoms with van der Waals surface area (Å²) in [7, 11) is 0. The van der Waals surface area contributed by atoms with Crippen molar-refractivity contribution < 1.29 is 30.3 Å². The molecule has 0 amide bonds. The number of hydrogen-bond donors (Lipinski definition) is 5. The van der Waals surface area contributed by atoms with Gasteiger partial charge >= 0.3 is 0 Å². The lowest BCUT2D eigenvalue weighted by Gasteiger charge is -2.56. The van der Waals surface area contributed by atoms with E-state index in [1.807, 2.05) is 25.2 Å². The summed E-state index contributed by atoms with van der Waals surface area (Å²) >= 11 is 0. The number of aromatic hydroxyl groups is 1. The second kappa shape index (κ2) is 17.2. The molecule has 0 bridgehead atoms. The minimum absolute atomic E-state index is 0.00810. The van der Waals surface area contributed by atoms with Gasteiger partial charge in [-0.15, -0.1) is 0 Å². The molecule has 0 saturated heterocycles. The molecule has 0 aromatic heterocycles. The summed E-state index contributed by atoms with van der Waals surface area (Å²) in [5.74, 6) is -0.236. The third-order valence-corrected chi connectivity index (χ3v) is 11.6. The Bertz CT molecular complexity index is 1370. The van der Waals surface area contributed by atoms with Crippen LogP contribution in [0, 0.1) is 23.2 Å². The second-order valence-corrected chi connectivity index (χ2v) is 15.1. The Morgan fingerprint density at radius 1 is 1.04 bits per heavy atom. The van der Waals surface area contributed by atoms with E-state index in [1.54, 1.807) is 24.3 Å². The lowest BCUT2D eigenvalue weighted by molar-refractivity contribution is -0.168. The maximum absolute atomic E-state index is 14.4. The summed E-state index contributed by atoms with van der Waals surface area (Å²) in [6.45, 7) is 9.97. The molecule has 0 aliphatic heterocycles. The van der Waals surface area contributed by atoms with Crippen molar-refractivity contribution >= 4 is 5.78 Å². The monoisotopic (exact) mass is 660 g/mol. The van der Waals surface area contributed by atoms with Crippen LogP contribution in [-0.4, -0.2) is 56.2 Å². The highest BCUT2D eigenvalue weighted by molar-refractivity contribution is 5.98. The van der Waals surface area contributed by atoms with Gasteiger partial charge in [0, 0.05) is 24.4 Å². The average molecular weight is 661 g/mol. The summed E-state index contributed by atoms with van der Waals surface area (Å²) < 4.78 is 0. The molecule has 3 aliphatic carbocycles. The number of phenols is 1. The van der Waals surface area contributed by atoms with Gasteiger partial charge in [0.25, 0.3) is 0 Å². The number of benzene rings is 1. The van der Waals surface area contributed by atoms with E-state index >= 15 is 0 Å². The van der Waals surface area contributed by atoms with Gasteiger partial charge in [-0.1, -0.05) is 79.0 Å². The van der Waals surface area contributed by atoms with Crippen molar-refractivity contribution in [2.24, 2.45) is 23.2 Å². The van der Waals surface area contributed by atoms with Gasteiger partial charge in [-0.3, -0.25) is 4.79 Å². The average Bonchev–Trinajstić information content (AvgIpc) is 3.40. The minimum atomic E-state index is -1.20. The Morgan fingerprint density at radius 3 is 2.40 bits per heavy atom. The standard InChI is InChI=1S/C42H60O6/c1-29(2)11-8-12-30(3)13-9-16-33(28-44)35-23-25-42(40(35)47)37(17-10-26-43)36(22-24-41(42,4)48)39(32-14-6-5-7-15-32)38(46)27-31-18-20-34(45)21-19-31/h9,11,13,16,18-21,32,35,37,40,43-45,47-48H,3,5-8,10,12,14-15,17,22-28H2,1-2,4H3/b13-9+,33-16-,39-36+/t35-,37-,40-,41-,42-/m1/s1. The number of ketones is 1. The fraction of sp³-hybridized carbons (Fsp3) is 0.595. The SMILES string of the molecule is C=C(/C=C/C=C(/CO)[C@H]1CC[C@@]2([C@H](CCCO)/C(=C(/C(=O)Cc3ccc(O)cc3)C3CCCCC3)CC[C@@]2(C)O)[C@@H]1O)CCC=C(C)C. The first-order valence-corrected chi connectivity index (χ1v) is 18.3. The molecule has 6 nitrogen and oxygen atoms in total. The van der Waals surface area contributed by atoms with Crippen LogP contribution < -0.4 is 0 Å². The second-order valence-electron chi connectivity index (χ2n) is 15.1. The van der Waals surface area contributed by atoms with Crippen LogP contribution in [0.5, 0.6) is 5.75 Å². The number of carbonyl (C=O) groups is 1. The van der Waals surface area contributed by atoms with Crippen LogP contribution in [0.1, 0.15) is 110 Å². The van der Waals surface area contributed by atoms with Crippen molar-refractivity contribution in [1.29, 1.82) is 0 Å². The highest BCUT2D eigenvalue weighted by atomic mass is 16.3. The predicted molar refractivity (Wildman–Crippen MR) is 193 cm³/mol. The molecule has 5 atom stereocenters. The highest BCUT2D eigenvalue weighted by Crippen LogP contribution is 2.63. The van der Waals surface area contributed by atoms with E-state index in [4.69, 9.17) is 0 Å².